The summed E-state index contributed by atoms with van der Waals surface area (Å²) >= 11 is 0. The van der Waals surface area contributed by atoms with E-state index in [0.29, 0.717) is 6.42 Å². The van der Waals surface area contributed by atoms with Crippen molar-refractivity contribution in [2.45, 2.75) is 34.1 Å². The summed E-state index contributed by atoms with van der Waals surface area (Å²) in [6.45, 7) is 6.82. The quantitative estimate of drug-likeness (QED) is 0.636. The molecule has 8 nitrogen and oxygen atoms in total. The first-order valence-corrected chi connectivity index (χ1v) is 7.62. The van der Waals surface area contributed by atoms with Crippen LogP contribution in [0.3, 0.4) is 0 Å². The van der Waals surface area contributed by atoms with E-state index in [4.69, 9.17) is 5.11 Å². The summed E-state index contributed by atoms with van der Waals surface area (Å²) in [5.41, 5.74) is -0.261. The highest BCUT2D eigenvalue weighted by molar-refractivity contribution is 7.88. The Bertz CT molecular complexity index is 440. The molecule has 118 valence electrons. The molecule has 0 aliphatic carbocycles. The number of hydrogen-bond acceptors (Lipinski definition) is 5. The van der Waals surface area contributed by atoms with E-state index < -0.39 is 28.2 Å². The first-order chi connectivity index (χ1) is 8.97. The standard InChI is InChI=1S/C11H22N2O6S/c1-5-19-10(16)13-20(17,18)12-7-8(9(14)15)6-11(2,3)4/h8,12H,5-7H2,1-4H3,(H,13,16)(H,14,15). The average Bonchev–Trinajstić information content (AvgIpc) is 2.21. The minimum Gasteiger partial charge on any atom is -0.481 e. The summed E-state index contributed by atoms with van der Waals surface area (Å²) < 4.78 is 31.1. The van der Waals surface area contributed by atoms with Crippen LogP contribution in [-0.4, -0.2) is 38.7 Å². The summed E-state index contributed by atoms with van der Waals surface area (Å²) in [5, 5.41) is 9.05. The Labute approximate surface area is 119 Å². The molecule has 0 rings (SSSR count). The number of nitrogens with one attached hydrogen (secondary N) is 2. The highest BCUT2D eigenvalue weighted by Gasteiger charge is 2.26. The Hall–Kier alpha value is -1.35. The van der Waals surface area contributed by atoms with Crippen molar-refractivity contribution >= 4 is 22.3 Å². The highest BCUT2D eigenvalue weighted by Crippen LogP contribution is 2.24. The number of aliphatic carboxylic acids is 1. The highest BCUT2D eigenvalue weighted by atomic mass is 32.2. The van der Waals surface area contributed by atoms with Gasteiger partial charge < -0.3 is 9.84 Å². The van der Waals surface area contributed by atoms with Gasteiger partial charge in [0.2, 0.25) is 0 Å². The second-order valence-electron chi connectivity index (χ2n) is 5.47. The lowest BCUT2D eigenvalue weighted by Crippen LogP contribution is -2.43. The Morgan fingerprint density at radius 2 is 1.85 bits per heavy atom. The van der Waals surface area contributed by atoms with Crippen molar-refractivity contribution in [2.75, 3.05) is 13.2 Å². The van der Waals surface area contributed by atoms with Crippen molar-refractivity contribution in [1.29, 1.82) is 0 Å². The van der Waals surface area contributed by atoms with Gasteiger partial charge in [-0.25, -0.2) is 9.52 Å². The van der Waals surface area contributed by atoms with E-state index in [1.54, 1.807) is 4.72 Å². The van der Waals surface area contributed by atoms with Gasteiger partial charge in [-0.05, 0) is 18.8 Å². The maximum Gasteiger partial charge on any atom is 0.421 e. The molecule has 0 aliphatic heterocycles. The lowest BCUT2D eigenvalue weighted by atomic mass is 9.85. The van der Waals surface area contributed by atoms with Crippen LogP contribution in [0.4, 0.5) is 4.79 Å². The molecule has 0 aromatic rings. The third-order valence-corrected chi connectivity index (χ3v) is 3.20. The van der Waals surface area contributed by atoms with E-state index in [2.05, 4.69) is 4.74 Å². The molecule has 0 heterocycles. The molecular weight excluding hydrogens is 288 g/mol. The Morgan fingerprint density at radius 1 is 1.30 bits per heavy atom. The van der Waals surface area contributed by atoms with Crippen LogP contribution in [0.5, 0.6) is 0 Å². The maximum atomic E-state index is 11.5. The Morgan fingerprint density at radius 3 is 2.25 bits per heavy atom. The summed E-state index contributed by atoms with van der Waals surface area (Å²) in [4.78, 5) is 22.1. The smallest absolute Gasteiger partial charge is 0.421 e. The number of carboxylic acid groups (broad SMARTS) is 1. The van der Waals surface area contributed by atoms with Gasteiger partial charge in [-0.1, -0.05) is 20.8 Å². The maximum absolute atomic E-state index is 11.5. The molecule has 0 bridgehead atoms. The van der Waals surface area contributed by atoms with Crippen LogP contribution in [0, 0.1) is 11.3 Å². The predicted octanol–water partition coefficient (Wildman–Crippen LogP) is 0.704. The zero-order valence-corrected chi connectivity index (χ0v) is 12.9. The van der Waals surface area contributed by atoms with E-state index in [9.17, 15) is 18.0 Å². The average molecular weight is 310 g/mol. The number of carbonyl (C=O) groups excluding carboxylic acids is 1. The molecule has 0 spiro atoms. The number of ether oxygens (including phenoxy) is 1. The zero-order chi connectivity index (χ0) is 16.0. The van der Waals surface area contributed by atoms with Gasteiger partial charge in [-0.3, -0.25) is 4.79 Å². The first kappa shape index (κ1) is 18.7. The lowest BCUT2D eigenvalue weighted by Gasteiger charge is -2.23. The summed E-state index contributed by atoms with van der Waals surface area (Å²) in [5.74, 6) is -1.98. The van der Waals surface area contributed by atoms with Gasteiger partial charge in [-0.2, -0.15) is 13.1 Å². The fourth-order valence-corrected chi connectivity index (χ4v) is 2.27. The molecule has 20 heavy (non-hydrogen) atoms. The third-order valence-electron chi connectivity index (χ3n) is 2.22. The SMILES string of the molecule is CCOC(=O)NS(=O)(=O)NCC(CC(C)(C)C)C(=O)O. The molecule has 0 aromatic carbocycles. The fourth-order valence-electron chi connectivity index (χ4n) is 1.50. The molecular formula is C11H22N2O6S. The van der Waals surface area contributed by atoms with Gasteiger partial charge >= 0.3 is 22.3 Å². The van der Waals surface area contributed by atoms with Gasteiger partial charge in [0.05, 0.1) is 12.5 Å². The van der Waals surface area contributed by atoms with Gasteiger partial charge in [0.15, 0.2) is 0 Å². The fraction of sp³-hybridized carbons (Fsp3) is 0.818. The lowest BCUT2D eigenvalue weighted by molar-refractivity contribution is -0.142. The van der Waals surface area contributed by atoms with Crippen LogP contribution >= 0.6 is 0 Å². The van der Waals surface area contributed by atoms with Gasteiger partial charge in [0.1, 0.15) is 0 Å². The van der Waals surface area contributed by atoms with Crippen LogP contribution in [-0.2, 0) is 19.7 Å². The van der Waals surface area contributed by atoms with Gasteiger partial charge in [-0.15, -0.1) is 0 Å². The molecule has 0 saturated heterocycles. The van der Waals surface area contributed by atoms with Crippen molar-refractivity contribution in [3.05, 3.63) is 0 Å². The number of hydrogen-bond donors (Lipinski definition) is 3. The number of rotatable bonds is 7. The topological polar surface area (TPSA) is 122 Å². The van der Waals surface area contributed by atoms with Crippen molar-refractivity contribution < 1.29 is 27.9 Å². The third kappa shape index (κ3) is 8.70. The van der Waals surface area contributed by atoms with E-state index >= 15 is 0 Å². The predicted molar refractivity (Wildman–Crippen MR) is 72.3 cm³/mol. The van der Waals surface area contributed by atoms with Crippen LogP contribution in [0.15, 0.2) is 0 Å². The Balaban J connectivity index is 4.54. The molecule has 0 aromatic heterocycles. The monoisotopic (exact) mass is 310 g/mol. The van der Waals surface area contributed by atoms with E-state index in [1.165, 1.54) is 6.92 Å². The molecule has 0 fully saturated rings. The Kier molecular flexibility index (Phi) is 6.94. The van der Waals surface area contributed by atoms with E-state index in [-0.39, 0.29) is 18.6 Å². The number of carboxylic acids is 1. The van der Waals surface area contributed by atoms with Crippen LogP contribution in [0.1, 0.15) is 34.1 Å². The van der Waals surface area contributed by atoms with Gasteiger partial charge in [0, 0.05) is 6.54 Å². The van der Waals surface area contributed by atoms with Crippen LogP contribution < -0.4 is 9.44 Å². The van der Waals surface area contributed by atoms with Crippen molar-refractivity contribution in [3.63, 3.8) is 0 Å². The molecule has 1 unspecified atom stereocenters. The molecule has 9 heteroatoms. The summed E-state index contributed by atoms with van der Waals surface area (Å²) in [6.07, 6.45) is -0.813. The minimum atomic E-state index is -4.13. The minimum absolute atomic E-state index is 0.0309. The molecule has 0 radical (unpaired) electrons. The van der Waals surface area contributed by atoms with E-state index in [1.807, 2.05) is 25.5 Å². The first-order valence-electron chi connectivity index (χ1n) is 6.14. The zero-order valence-electron chi connectivity index (χ0n) is 12.1. The van der Waals surface area contributed by atoms with E-state index in [0.717, 1.165) is 0 Å². The molecule has 0 aliphatic rings. The van der Waals surface area contributed by atoms with Crippen molar-refractivity contribution in [1.82, 2.24) is 9.44 Å². The van der Waals surface area contributed by atoms with Crippen molar-refractivity contribution in [2.24, 2.45) is 11.3 Å². The number of carbonyl (C=O) groups is 2. The molecule has 1 amide bonds. The molecule has 0 saturated carbocycles. The van der Waals surface area contributed by atoms with Crippen molar-refractivity contribution in [3.8, 4) is 0 Å². The molecule has 1 atom stereocenters. The summed E-state index contributed by atoms with van der Waals surface area (Å²) in [7, 11) is -4.13. The number of amides is 1. The largest absolute Gasteiger partial charge is 0.481 e. The second kappa shape index (κ2) is 7.44. The molecule has 3 N–H and O–H groups in total. The van der Waals surface area contributed by atoms with Crippen LogP contribution in [0.2, 0.25) is 0 Å². The van der Waals surface area contributed by atoms with Gasteiger partial charge in [0.25, 0.3) is 0 Å². The van der Waals surface area contributed by atoms with Crippen LogP contribution in [0.25, 0.3) is 0 Å². The second-order valence-corrected chi connectivity index (χ2v) is 6.97. The normalized spacial score (nSPS) is 13.6. The summed E-state index contributed by atoms with van der Waals surface area (Å²) in [6, 6.07) is 0.